The average molecular weight is 575 g/mol. The first-order chi connectivity index (χ1) is 22.2. The first-order valence-electron chi connectivity index (χ1n) is 15.2. The zero-order valence-electron chi connectivity index (χ0n) is 25.0. The summed E-state index contributed by atoms with van der Waals surface area (Å²) in [6.45, 7) is 2.15. The molecule has 0 saturated carbocycles. The maximum atomic E-state index is 5.47. The molecule has 45 heavy (non-hydrogen) atoms. The normalized spacial score (nSPS) is 12.1. The summed E-state index contributed by atoms with van der Waals surface area (Å²) in [7, 11) is 0. The van der Waals surface area contributed by atoms with Crippen molar-refractivity contribution in [1.82, 2.24) is 9.13 Å². The summed E-state index contributed by atoms with van der Waals surface area (Å²) in [5, 5.41) is 4.92. The largest absolute Gasteiger partial charge is 0.309 e. The Labute approximate surface area is 262 Å². The van der Waals surface area contributed by atoms with Crippen LogP contribution in [0.1, 0.15) is 12.5 Å². The van der Waals surface area contributed by atoms with E-state index in [0.29, 0.717) is 0 Å². The first kappa shape index (κ1) is 26.6. The molecular weight excluding hydrogens is 544 g/mol. The molecule has 2 heteroatoms. The lowest BCUT2D eigenvalue weighted by Gasteiger charge is -2.14. The zero-order chi connectivity index (χ0) is 30.3. The fourth-order valence-electron chi connectivity index (χ4n) is 6.73. The molecule has 0 radical (unpaired) electrons. The Morgan fingerprint density at radius 1 is 0.578 bits per heavy atom. The Bertz CT molecular complexity index is 2480. The summed E-state index contributed by atoms with van der Waals surface area (Å²) < 4.78 is 4.81. The third-order valence-corrected chi connectivity index (χ3v) is 8.78. The number of allylic oxidation sites excluding steroid dienone is 4. The fraction of sp³-hybridized carbons (Fsp3) is 0.0233. The minimum Gasteiger partial charge on any atom is -0.309 e. The second kappa shape index (κ2) is 10.9. The van der Waals surface area contributed by atoms with Crippen molar-refractivity contribution in [3.63, 3.8) is 0 Å². The summed E-state index contributed by atoms with van der Waals surface area (Å²) in [6.07, 6.45) is 11.2. The van der Waals surface area contributed by atoms with E-state index in [1.54, 1.807) is 6.08 Å². The van der Waals surface area contributed by atoms with Crippen LogP contribution in [0, 0.1) is 12.3 Å². The van der Waals surface area contributed by atoms with Gasteiger partial charge in [-0.1, -0.05) is 103 Å². The molecule has 2 nitrogen and oxygen atoms in total. The third-order valence-electron chi connectivity index (χ3n) is 8.78. The molecule has 0 spiro atoms. The SMILES string of the molecule is C#C/C=C\C=C(/C)c1cc(-c2ccccc2)c2c(c1)c1ccccc1n2-c1ccc2c(c1)c1ccccc1n2-c1ccccc1. The Balaban J connectivity index is 1.46. The van der Waals surface area contributed by atoms with E-state index in [0.717, 1.165) is 16.9 Å². The monoisotopic (exact) mass is 574 g/mol. The molecular formula is C43H30N2. The van der Waals surface area contributed by atoms with E-state index in [4.69, 9.17) is 6.42 Å². The maximum absolute atomic E-state index is 5.47. The average Bonchev–Trinajstić information content (AvgIpc) is 3.61. The Morgan fingerprint density at radius 2 is 1.20 bits per heavy atom. The molecule has 2 heterocycles. The van der Waals surface area contributed by atoms with Crippen molar-refractivity contribution < 1.29 is 0 Å². The van der Waals surface area contributed by atoms with Crippen LogP contribution in [-0.4, -0.2) is 9.13 Å². The standard InChI is InChI=1S/C43H30N2/c1-3-4-7-16-30(2)32-27-37(31-17-8-5-9-18-31)43-39(28-32)36-22-13-15-24-41(36)45(43)34-25-26-42-38(29-34)35-21-12-14-23-40(35)44(42)33-19-10-6-11-20-33/h1,4-29H,2H3/b7-4-,30-16+. The van der Waals surface area contributed by atoms with Crippen molar-refractivity contribution in [2.75, 3.05) is 0 Å². The van der Waals surface area contributed by atoms with Gasteiger partial charge in [-0.05, 0) is 84.3 Å². The van der Waals surface area contributed by atoms with Crippen LogP contribution >= 0.6 is 0 Å². The molecule has 2 aromatic heterocycles. The van der Waals surface area contributed by atoms with Crippen molar-refractivity contribution >= 4 is 49.2 Å². The molecule has 0 fully saturated rings. The number of rotatable bonds is 5. The smallest absolute Gasteiger partial charge is 0.0619 e. The molecule has 0 amide bonds. The van der Waals surface area contributed by atoms with Crippen molar-refractivity contribution in [2.45, 2.75) is 6.92 Å². The summed E-state index contributed by atoms with van der Waals surface area (Å²) in [4.78, 5) is 0. The van der Waals surface area contributed by atoms with Gasteiger partial charge < -0.3 is 9.13 Å². The number of para-hydroxylation sites is 3. The van der Waals surface area contributed by atoms with Gasteiger partial charge in [-0.25, -0.2) is 0 Å². The molecule has 0 N–H and O–H groups in total. The predicted octanol–water partition coefficient (Wildman–Crippen LogP) is 11.1. The molecule has 0 saturated heterocycles. The highest BCUT2D eigenvalue weighted by atomic mass is 15.0. The molecule has 0 bridgehead atoms. The highest BCUT2D eigenvalue weighted by molar-refractivity contribution is 6.16. The van der Waals surface area contributed by atoms with Gasteiger partial charge in [-0.15, -0.1) is 6.42 Å². The van der Waals surface area contributed by atoms with E-state index in [1.165, 1.54) is 60.3 Å². The maximum Gasteiger partial charge on any atom is 0.0619 e. The van der Waals surface area contributed by atoms with Gasteiger partial charge in [0.15, 0.2) is 0 Å². The van der Waals surface area contributed by atoms with E-state index in [2.05, 4.69) is 168 Å². The zero-order valence-corrected chi connectivity index (χ0v) is 25.0. The summed E-state index contributed by atoms with van der Waals surface area (Å²) >= 11 is 0. The lowest BCUT2D eigenvalue weighted by molar-refractivity contribution is 1.17. The minimum atomic E-state index is 1.14. The molecule has 8 aromatic rings. The molecule has 0 aliphatic heterocycles. The number of hydrogen-bond acceptors (Lipinski definition) is 0. The van der Waals surface area contributed by atoms with Gasteiger partial charge in [0.2, 0.25) is 0 Å². The van der Waals surface area contributed by atoms with Crippen LogP contribution in [0.4, 0.5) is 0 Å². The predicted molar refractivity (Wildman–Crippen MR) is 192 cm³/mol. The number of benzene rings is 6. The van der Waals surface area contributed by atoms with Crippen LogP contribution < -0.4 is 0 Å². The van der Waals surface area contributed by atoms with Crippen molar-refractivity contribution in [3.05, 3.63) is 163 Å². The summed E-state index contributed by atoms with van der Waals surface area (Å²) in [5.74, 6) is 2.59. The molecule has 0 aliphatic rings. The summed E-state index contributed by atoms with van der Waals surface area (Å²) in [5.41, 5.74) is 11.8. The van der Waals surface area contributed by atoms with E-state index < -0.39 is 0 Å². The lowest BCUT2D eigenvalue weighted by Crippen LogP contribution is -1.97. The Hall–Kier alpha value is -6.04. The second-order valence-corrected chi connectivity index (χ2v) is 11.4. The number of aromatic nitrogens is 2. The van der Waals surface area contributed by atoms with Crippen LogP contribution in [0.5, 0.6) is 0 Å². The number of hydrogen-bond donors (Lipinski definition) is 0. The molecule has 0 atom stereocenters. The van der Waals surface area contributed by atoms with Gasteiger partial charge in [-0.2, -0.15) is 0 Å². The van der Waals surface area contributed by atoms with E-state index in [-0.39, 0.29) is 0 Å². The fourth-order valence-corrected chi connectivity index (χ4v) is 6.73. The minimum absolute atomic E-state index is 1.14. The topological polar surface area (TPSA) is 9.86 Å². The number of fused-ring (bicyclic) bond motifs is 6. The van der Waals surface area contributed by atoms with Crippen LogP contribution in [0.2, 0.25) is 0 Å². The van der Waals surface area contributed by atoms with Gasteiger partial charge in [0.1, 0.15) is 0 Å². The van der Waals surface area contributed by atoms with Crippen molar-refractivity contribution in [3.8, 4) is 34.8 Å². The molecule has 0 unspecified atom stereocenters. The van der Waals surface area contributed by atoms with Crippen LogP contribution in [0.25, 0.3) is 71.7 Å². The Kier molecular flexibility index (Phi) is 6.44. The molecule has 0 aliphatic carbocycles. The highest BCUT2D eigenvalue weighted by Gasteiger charge is 2.20. The quantitative estimate of drug-likeness (QED) is 0.143. The third kappa shape index (κ3) is 4.37. The highest BCUT2D eigenvalue weighted by Crippen LogP contribution is 2.41. The van der Waals surface area contributed by atoms with Gasteiger partial charge in [0, 0.05) is 38.5 Å². The van der Waals surface area contributed by atoms with E-state index >= 15 is 0 Å². The van der Waals surface area contributed by atoms with Crippen LogP contribution in [0.15, 0.2) is 158 Å². The van der Waals surface area contributed by atoms with E-state index in [9.17, 15) is 0 Å². The Morgan fingerprint density at radius 3 is 1.93 bits per heavy atom. The van der Waals surface area contributed by atoms with Crippen LogP contribution in [0.3, 0.4) is 0 Å². The second-order valence-electron chi connectivity index (χ2n) is 11.4. The number of terminal acetylenes is 1. The summed E-state index contributed by atoms with van der Waals surface area (Å²) in [6, 6.07) is 50.3. The van der Waals surface area contributed by atoms with Crippen molar-refractivity contribution in [2.24, 2.45) is 0 Å². The van der Waals surface area contributed by atoms with Crippen molar-refractivity contribution in [1.29, 1.82) is 0 Å². The lowest BCUT2D eigenvalue weighted by atomic mass is 9.95. The molecule has 212 valence electrons. The van der Waals surface area contributed by atoms with Crippen LogP contribution in [-0.2, 0) is 0 Å². The van der Waals surface area contributed by atoms with E-state index in [1.807, 2.05) is 6.08 Å². The van der Waals surface area contributed by atoms with Gasteiger partial charge >= 0.3 is 0 Å². The number of nitrogens with zero attached hydrogens (tertiary/aromatic N) is 2. The molecule has 6 aromatic carbocycles. The van der Waals surface area contributed by atoms with Gasteiger partial charge in [0.25, 0.3) is 0 Å². The molecule has 8 rings (SSSR count). The van der Waals surface area contributed by atoms with Gasteiger partial charge in [-0.3, -0.25) is 0 Å². The first-order valence-corrected chi connectivity index (χ1v) is 15.2. The van der Waals surface area contributed by atoms with Gasteiger partial charge in [0.05, 0.1) is 22.1 Å².